The van der Waals surface area contributed by atoms with E-state index in [0.29, 0.717) is 13.1 Å². The third-order valence-electron chi connectivity index (χ3n) is 2.73. The van der Waals surface area contributed by atoms with Crippen LogP contribution < -0.4 is 0 Å². The van der Waals surface area contributed by atoms with Gasteiger partial charge in [-0.15, -0.1) is 0 Å². The van der Waals surface area contributed by atoms with Crippen molar-refractivity contribution in [2.75, 3.05) is 13.1 Å². The predicted molar refractivity (Wildman–Crippen MR) is 66.8 cm³/mol. The monoisotopic (exact) mass is 229 g/mol. The molecule has 0 fully saturated rings. The standard InChI is InChI=1S/C13H15N3O/c1-3-16(4-2)13(17)12-14-9-10-7-5-6-8-11(10)15-12/h5-9H,3-4H2,1-2H3. The van der Waals surface area contributed by atoms with Crippen molar-refractivity contribution in [1.29, 1.82) is 0 Å². The normalized spacial score (nSPS) is 10.5. The van der Waals surface area contributed by atoms with Gasteiger partial charge in [-0.25, -0.2) is 9.97 Å². The summed E-state index contributed by atoms with van der Waals surface area (Å²) < 4.78 is 0. The number of rotatable bonds is 3. The highest BCUT2D eigenvalue weighted by atomic mass is 16.2. The highest BCUT2D eigenvalue weighted by Gasteiger charge is 2.15. The maximum Gasteiger partial charge on any atom is 0.291 e. The molecular weight excluding hydrogens is 214 g/mol. The van der Waals surface area contributed by atoms with Crippen LogP contribution in [0.3, 0.4) is 0 Å². The Bertz CT molecular complexity index is 535. The highest BCUT2D eigenvalue weighted by Crippen LogP contribution is 2.10. The average molecular weight is 229 g/mol. The number of carbonyl (C=O) groups excluding carboxylic acids is 1. The predicted octanol–water partition coefficient (Wildman–Crippen LogP) is 2.11. The van der Waals surface area contributed by atoms with Crippen LogP contribution in [0, 0.1) is 0 Å². The van der Waals surface area contributed by atoms with Gasteiger partial charge < -0.3 is 4.90 Å². The molecule has 0 bridgehead atoms. The number of aromatic nitrogens is 2. The van der Waals surface area contributed by atoms with E-state index in [0.717, 1.165) is 10.9 Å². The maximum absolute atomic E-state index is 12.1. The van der Waals surface area contributed by atoms with Crippen LogP contribution >= 0.6 is 0 Å². The summed E-state index contributed by atoms with van der Waals surface area (Å²) in [5.41, 5.74) is 0.804. The Labute approximate surface area is 100 Å². The van der Waals surface area contributed by atoms with Crippen LogP contribution in [0.2, 0.25) is 0 Å². The van der Waals surface area contributed by atoms with Crippen LogP contribution in [0.5, 0.6) is 0 Å². The van der Waals surface area contributed by atoms with Gasteiger partial charge in [-0.2, -0.15) is 0 Å². The van der Waals surface area contributed by atoms with E-state index in [-0.39, 0.29) is 11.7 Å². The zero-order valence-electron chi connectivity index (χ0n) is 10.1. The molecule has 0 atom stereocenters. The summed E-state index contributed by atoms with van der Waals surface area (Å²) in [5.74, 6) is 0.160. The van der Waals surface area contributed by atoms with Gasteiger partial charge in [0.1, 0.15) is 0 Å². The molecule has 0 radical (unpaired) electrons. The molecule has 0 aliphatic rings. The van der Waals surface area contributed by atoms with Gasteiger partial charge in [0.05, 0.1) is 5.52 Å². The van der Waals surface area contributed by atoms with Crippen LogP contribution in [-0.4, -0.2) is 33.9 Å². The van der Waals surface area contributed by atoms with Gasteiger partial charge in [0.25, 0.3) is 5.91 Å². The molecule has 1 aromatic carbocycles. The zero-order chi connectivity index (χ0) is 12.3. The second-order valence-electron chi connectivity index (χ2n) is 3.73. The molecule has 2 rings (SSSR count). The van der Waals surface area contributed by atoms with Crippen molar-refractivity contribution in [3.8, 4) is 0 Å². The molecule has 0 unspecified atom stereocenters. The van der Waals surface area contributed by atoms with Crippen LogP contribution in [0.25, 0.3) is 10.9 Å². The average Bonchev–Trinajstić information content (AvgIpc) is 2.39. The van der Waals surface area contributed by atoms with E-state index < -0.39 is 0 Å². The van der Waals surface area contributed by atoms with Crippen LogP contribution in [-0.2, 0) is 0 Å². The van der Waals surface area contributed by atoms with Crippen molar-refractivity contribution >= 4 is 16.8 Å². The fraction of sp³-hybridized carbons (Fsp3) is 0.308. The van der Waals surface area contributed by atoms with Crippen molar-refractivity contribution in [1.82, 2.24) is 14.9 Å². The van der Waals surface area contributed by atoms with E-state index in [1.165, 1.54) is 0 Å². The van der Waals surface area contributed by atoms with Gasteiger partial charge >= 0.3 is 0 Å². The summed E-state index contributed by atoms with van der Waals surface area (Å²) in [6, 6.07) is 7.65. The Kier molecular flexibility index (Phi) is 3.32. The lowest BCUT2D eigenvalue weighted by Crippen LogP contribution is -2.31. The number of para-hydroxylation sites is 1. The first-order valence-electron chi connectivity index (χ1n) is 5.77. The van der Waals surface area contributed by atoms with E-state index in [4.69, 9.17) is 0 Å². The third kappa shape index (κ3) is 2.25. The van der Waals surface area contributed by atoms with Gasteiger partial charge in [-0.05, 0) is 19.9 Å². The first-order chi connectivity index (χ1) is 8.26. The molecule has 4 heteroatoms. The lowest BCUT2D eigenvalue weighted by Gasteiger charge is -2.17. The van der Waals surface area contributed by atoms with Crippen LogP contribution in [0.15, 0.2) is 30.5 Å². The molecule has 4 nitrogen and oxygen atoms in total. The summed E-state index contributed by atoms with van der Waals surface area (Å²) in [5, 5.41) is 0.948. The van der Waals surface area contributed by atoms with Gasteiger partial charge in [-0.3, -0.25) is 4.79 Å². The lowest BCUT2D eigenvalue weighted by molar-refractivity contribution is 0.0761. The second kappa shape index (κ2) is 4.91. The summed E-state index contributed by atoms with van der Waals surface area (Å²) in [7, 11) is 0. The fourth-order valence-corrected chi connectivity index (χ4v) is 1.73. The molecule has 0 N–H and O–H groups in total. The summed E-state index contributed by atoms with van der Waals surface area (Å²) in [6.45, 7) is 5.24. The van der Waals surface area contributed by atoms with Crippen molar-refractivity contribution in [2.24, 2.45) is 0 Å². The number of hydrogen-bond acceptors (Lipinski definition) is 3. The molecule has 0 spiro atoms. The van der Waals surface area contributed by atoms with E-state index in [1.54, 1.807) is 11.1 Å². The van der Waals surface area contributed by atoms with E-state index >= 15 is 0 Å². The molecule has 0 saturated heterocycles. The molecule has 17 heavy (non-hydrogen) atoms. The molecule has 1 heterocycles. The minimum atomic E-state index is -0.110. The lowest BCUT2D eigenvalue weighted by atomic mass is 10.2. The van der Waals surface area contributed by atoms with E-state index in [9.17, 15) is 4.79 Å². The molecule has 0 aliphatic heterocycles. The maximum atomic E-state index is 12.1. The molecule has 1 amide bonds. The van der Waals surface area contributed by atoms with Crippen molar-refractivity contribution in [3.05, 3.63) is 36.3 Å². The number of fused-ring (bicyclic) bond motifs is 1. The quantitative estimate of drug-likeness (QED) is 0.809. The van der Waals surface area contributed by atoms with E-state index in [2.05, 4.69) is 9.97 Å². The largest absolute Gasteiger partial charge is 0.336 e. The molecule has 0 aliphatic carbocycles. The number of amides is 1. The van der Waals surface area contributed by atoms with Gasteiger partial charge in [0.15, 0.2) is 0 Å². The van der Waals surface area contributed by atoms with Crippen LogP contribution in [0.4, 0.5) is 0 Å². The minimum absolute atomic E-state index is 0.110. The van der Waals surface area contributed by atoms with Crippen LogP contribution in [0.1, 0.15) is 24.5 Å². The topological polar surface area (TPSA) is 46.1 Å². The first kappa shape index (κ1) is 11.5. The Morgan fingerprint density at radius 2 is 1.94 bits per heavy atom. The Morgan fingerprint density at radius 3 is 2.65 bits per heavy atom. The number of benzene rings is 1. The number of carbonyl (C=O) groups is 1. The van der Waals surface area contributed by atoms with Gasteiger partial charge in [0.2, 0.25) is 5.82 Å². The summed E-state index contributed by atoms with van der Waals surface area (Å²) >= 11 is 0. The van der Waals surface area contributed by atoms with Crippen molar-refractivity contribution < 1.29 is 4.79 Å². The van der Waals surface area contributed by atoms with Gasteiger partial charge in [0, 0.05) is 24.7 Å². The molecule has 88 valence electrons. The van der Waals surface area contributed by atoms with Crippen molar-refractivity contribution in [3.63, 3.8) is 0 Å². The molecule has 2 aromatic rings. The number of nitrogens with zero attached hydrogens (tertiary/aromatic N) is 3. The molecule has 0 saturated carbocycles. The molecule has 1 aromatic heterocycles. The van der Waals surface area contributed by atoms with Crippen molar-refractivity contribution in [2.45, 2.75) is 13.8 Å². The Balaban J connectivity index is 2.39. The SMILES string of the molecule is CCN(CC)C(=O)c1ncc2ccccc2n1. The third-order valence-corrected chi connectivity index (χ3v) is 2.73. The Hall–Kier alpha value is -1.97. The van der Waals surface area contributed by atoms with E-state index in [1.807, 2.05) is 38.1 Å². The first-order valence-corrected chi connectivity index (χ1v) is 5.77. The number of hydrogen-bond donors (Lipinski definition) is 0. The smallest absolute Gasteiger partial charge is 0.291 e. The second-order valence-corrected chi connectivity index (χ2v) is 3.73. The highest BCUT2D eigenvalue weighted by molar-refractivity contribution is 5.92. The summed E-state index contributed by atoms with van der Waals surface area (Å²) in [4.78, 5) is 22.2. The summed E-state index contributed by atoms with van der Waals surface area (Å²) in [6.07, 6.45) is 1.69. The fourth-order valence-electron chi connectivity index (χ4n) is 1.73. The zero-order valence-corrected chi connectivity index (χ0v) is 10.1. The Morgan fingerprint density at radius 1 is 1.24 bits per heavy atom. The minimum Gasteiger partial charge on any atom is -0.336 e. The molecular formula is C13H15N3O. The van der Waals surface area contributed by atoms with Gasteiger partial charge in [-0.1, -0.05) is 18.2 Å².